The Balaban J connectivity index is 3.06. The fourth-order valence-electron chi connectivity index (χ4n) is 0.796. The summed E-state index contributed by atoms with van der Waals surface area (Å²) < 4.78 is 42.1. The summed E-state index contributed by atoms with van der Waals surface area (Å²) in [6.07, 6.45) is 0. The fraction of sp³-hybridized carbons (Fsp3) is 0. The van der Waals surface area contributed by atoms with E-state index in [-0.39, 0.29) is 15.1 Å². The molecule has 2 atom stereocenters. The summed E-state index contributed by atoms with van der Waals surface area (Å²) in [5.41, 5.74) is -0.0653. The third kappa shape index (κ3) is 2.51. The summed E-state index contributed by atoms with van der Waals surface area (Å²) in [7, 11) is 0. The number of phenolic OH excluding ortho intramolecular Hbond substituents is 1. The van der Waals surface area contributed by atoms with E-state index in [1.807, 2.05) is 0 Å². The van der Waals surface area contributed by atoms with Crippen LogP contribution in [-0.4, -0.2) is 22.6 Å². The lowest BCUT2D eigenvalue weighted by Crippen LogP contribution is -2.27. The smallest absolute Gasteiger partial charge is 0.115 e. The molecule has 0 aliphatic rings. The first-order valence-corrected chi connectivity index (χ1v) is 5.36. The van der Waals surface area contributed by atoms with Gasteiger partial charge in [0.2, 0.25) is 0 Å². The second-order valence-electron chi connectivity index (χ2n) is 2.21. The van der Waals surface area contributed by atoms with Crippen LogP contribution in [-0.2, 0) is 22.5 Å². The molecule has 14 heavy (non-hydrogen) atoms. The van der Waals surface area contributed by atoms with Crippen LogP contribution < -0.4 is 3.71 Å². The molecule has 0 fully saturated rings. The Hall–Kier alpha value is -0.960. The van der Waals surface area contributed by atoms with Crippen molar-refractivity contribution in [1.82, 2.24) is 0 Å². The molecule has 1 rings (SSSR count). The van der Waals surface area contributed by atoms with Gasteiger partial charge in [-0.2, -0.15) is 0 Å². The van der Waals surface area contributed by atoms with E-state index >= 15 is 0 Å². The number of nitrogens with zero attached hydrogens (tertiary/aromatic N) is 1. The quantitative estimate of drug-likeness (QED) is 0.730. The van der Waals surface area contributed by atoms with E-state index in [1.165, 1.54) is 24.3 Å². The fourth-order valence-corrected chi connectivity index (χ4v) is 1.78. The summed E-state index contributed by atoms with van der Waals surface area (Å²) >= 11 is -5.80. The van der Waals surface area contributed by atoms with E-state index in [2.05, 4.69) is 0 Å². The lowest BCUT2D eigenvalue weighted by molar-refractivity contribution is 0.475. The molecule has 0 aromatic heterocycles. The Morgan fingerprint density at radius 1 is 1.07 bits per heavy atom. The zero-order valence-electron chi connectivity index (χ0n) is 6.65. The minimum Gasteiger partial charge on any atom is -0.754 e. The highest BCUT2D eigenvalue weighted by molar-refractivity contribution is 7.98. The van der Waals surface area contributed by atoms with Crippen LogP contribution in [0.2, 0.25) is 0 Å². The van der Waals surface area contributed by atoms with Crippen molar-refractivity contribution in [3.63, 3.8) is 0 Å². The van der Waals surface area contributed by atoms with Crippen molar-refractivity contribution in [1.29, 1.82) is 0 Å². The van der Waals surface area contributed by atoms with E-state index in [1.54, 1.807) is 0 Å². The van der Waals surface area contributed by atoms with Crippen LogP contribution in [0.3, 0.4) is 0 Å². The average Bonchev–Trinajstić information content (AvgIpc) is 2.07. The Morgan fingerprint density at radius 3 is 1.86 bits per heavy atom. The highest BCUT2D eigenvalue weighted by atomic mass is 32.3. The zero-order chi connectivity index (χ0) is 10.7. The first-order valence-electron chi connectivity index (χ1n) is 3.30. The van der Waals surface area contributed by atoms with E-state index in [9.17, 15) is 17.5 Å². The van der Waals surface area contributed by atoms with Gasteiger partial charge in [-0.25, -0.2) is 3.71 Å². The van der Waals surface area contributed by atoms with E-state index in [0.29, 0.717) is 0 Å². The van der Waals surface area contributed by atoms with Crippen molar-refractivity contribution in [2.45, 2.75) is 0 Å². The number of hydrogen-bond acceptors (Lipinski definition) is 5. The molecule has 0 aliphatic carbocycles. The second-order valence-corrected chi connectivity index (χ2v) is 4.04. The predicted octanol–water partition coefficient (Wildman–Crippen LogP) is -0.213. The molecule has 1 aromatic carbocycles. The summed E-state index contributed by atoms with van der Waals surface area (Å²) in [5, 5.41) is 8.89. The maximum Gasteiger partial charge on any atom is 0.115 e. The summed E-state index contributed by atoms with van der Waals surface area (Å²) in [4.78, 5) is 0. The minimum absolute atomic E-state index is 0.0653. The lowest BCUT2D eigenvalue weighted by Gasteiger charge is -2.27. The van der Waals surface area contributed by atoms with Gasteiger partial charge in [0.25, 0.3) is 0 Å². The van der Waals surface area contributed by atoms with Gasteiger partial charge < -0.3 is 14.2 Å². The van der Waals surface area contributed by atoms with Crippen LogP contribution >= 0.6 is 0 Å². The summed E-state index contributed by atoms with van der Waals surface area (Å²) in [6, 6.07) is 4.70. The van der Waals surface area contributed by atoms with Gasteiger partial charge in [0.05, 0.1) is 28.2 Å². The number of phenols is 1. The van der Waals surface area contributed by atoms with Crippen LogP contribution in [0.15, 0.2) is 24.3 Å². The van der Waals surface area contributed by atoms with Crippen LogP contribution in [0, 0.1) is 0 Å². The van der Waals surface area contributed by atoms with Crippen LogP contribution in [0.5, 0.6) is 5.75 Å². The van der Waals surface area contributed by atoms with E-state index in [4.69, 9.17) is 5.11 Å². The van der Waals surface area contributed by atoms with Crippen molar-refractivity contribution in [2.24, 2.45) is 0 Å². The number of benzene rings is 1. The molecule has 8 heteroatoms. The van der Waals surface area contributed by atoms with Crippen molar-refractivity contribution in [3.05, 3.63) is 24.3 Å². The average molecular weight is 235 g/mol. The Labute approximate surface area is 85.0 Å². The molecule has 0 spiro atoms. The van der Waals surface area contributed by atoms with Gasteiger partial charge in [0.15, 0.2) is 0 Å². The molecule has 6 nitrogen and oxygen atoms in total. The van der Waals surface area contributed by atoms with Gasteiger partial charge in [-0.1, -0.05) is 0 Å². The monoisotopic (exact) mass is 235 g/mol. The molecule has 1 aromatic rings. The molecule has 78 valence electrons. The van der Waals surface area contributed by atoms with Gasteiger partial charge in [-0.3, -0.25) is 8.42 Å². The third-order valence-electron chi connectivity index (χ3n) is 1.33. The van der Waals surface area contributed by atoms with Gasteiger partial charge >= 0.3 is 0 Å². The molecular weight excluding hydrogens is 230 g/mol. The van der Waals surface area contributed by atoms with Crippen molar-refractivity contribution in [3.8, 4) is 5.75 Å². The molecule has 0 saturated carbocycles. The first kappa shape index (κ1) is 11.1. The van der Waals surface area contributed by atoms with Gasteiger partial charge in [0, 0.05) is 0 Å². The van der Waals surface area contributed by atoms with Crippen LogP contribution in [0.25, 0.3) is 0 Å². The normalized spacial score (nSPS) is 14.7. The van der Waals surface area contributed by atoms with Gasteiger partial charge in [0.1, 0.15) is 5.75 Å². The molecule has 0 amide bonds. The maximum absolute atomic E-state index is 10.5. The molecule has 1 N–H and O–H groups in total. The number of aromatic hydroxyl groups is 1. The molecule has 0 heterocycles. The molecule has 2 unspecified atom stereocenters. The zero-order valence-corrected chi connectivity index (χ0v) is 8.29. The number of hydrogen-bond donors (Lipinski definition) is 1. The predicted molar refractivity (Wildman–Crippen MR) is 48.4 cm³/mol. The first-order chi connectivity index (χ1) is 6.52. The third-order valence-corrected chi connectivity index (χ3v) is 3.02. The second kappa shape index (κ2) is 4.51. The topological polar surface area (TPSA) is 104 Å². The number of rotatable bonds is 3. The Bertz CT molecular complexity index is 351. The molecule has 0 saturated heterocycles. The Kier molecular flexibility index (Phi) is 3.58. The van der Waals surface area contributed by atoms with Crippen LogP contribution in [0.4, 0.5) is 5.69 Å². The standard InChI is InChI=1S/C6H7NO5S2/c8-6-3-1-5(2-4-6)7(13(9)10)14(11)12/h1-4,8H,(H,9,10)(H,11,12)/p-2. The van der Waals surface area contributed by atoms with Crippen LogP contribution in [0.1, 0.15) is 0 Å². The van der Waals surface area contributed by atoms with Crippen molar-refractivity contribution < 1.29 is 22.6 Å². The van der Waals surface area contributed by atoms with Crippen molar-refractivity contribution in [2.75, 3.05) is 3.71 Å². The lowest BCUT2D eigenvalue weighted by atomic mass is 10.3. The SMILES string of the molecule is O=S([O-])N(c1ccc(O)cc1)S(=O)[O-]. The highest BCUT2D eigenvalue weighted by Crippen LogP contribution is 2.20. The largest absolute Gasteiger partial charge is 0.754 e. The maximum atomic E-state index is 10.5. The summed E-state index contributed by atoms with van der Waals surface area (Å²) in [6.45, 7) is 0. The van der Waals surface area contributed by atoms with Crippen molar-refractivity contribution >= 4 is 28.2 Å². The molecule has 0 radical (unpaired) electrons. The Morgan fingerprint density at radius 2 is 1.50 bits per heavy atom. The summed E-state index contributed by atoms with van der Waals surface area (Å²) in [5.74, 6) is -0.0814. The molecule has 0 bridgehead atoms. The highest BCUT2D eigenvalue weighted by Gasteiger charge is 2.06. The molecular formula is C6H5NO5S2-2. The van der Waals surface area contributed by atoms with Gasteiger partial charge in [-0.05, 0) is 24.3 Å². The minimum atomic E-state index is -2.90. The number of anilines is 1. The van der Waals surface area contributed by atoms with Gasteiger partial charge in [-0.15, -0.1) is 0 Å². The van der Waals surface area contributed by atoms with E-state index in [0.717, 1.165) is 0 Å². The van der Waals surface area contributed by atoms with E-state index < -0.39 is 22.5 Å². The molecule has 0 aliphatic heterocycles.